The lowest BCUT2D eigenvalue weighted by Crippen LogP contribution is -2.30. The summed E-state index contributed by atoms with van der Waals surface area (Å²) in [5.74, 6) is 1.69. The molecule has 0 saturated carbocycles. The summed E-state index contributed by atoms with van der Waals surface area (Å²) in [5, 5.41) is 9.85. The Labute approximate surface area is 163 Å². The van der Waals surface area contributed by atoms with Crippen LogP contribution in [0.2, 0.25) is 0 Å². The van der Waals surface area contributed by atoms with Gasteiger partial charge in [-0.3, -0.25) is 4.90 Å². The maximum Gasteiger partial charge on any atom is 0.119 e. The van der Waals surface area contributed by atoms with E-state index >= 15 is 0 Å². The van der Waals surface area contributed by atoms with Crippen LogP contribution in [-0.2, 0) is 6.54 Å². The van der Waals surface area contributed by atoms with Gasteiger partial charge in [-0.1, -0.05) is 29.8 Å². The zero-order valence-electron chi connectivity index (χ0n) is 16.9. The van der Waals surface area contributed by atoms with Crippen molar-refractivity contribution in [1.29, 1.82) is 0 Å². The van der Waals surface area contributed by atoms with Gasteiger partial charge >= 0.3 is 0 Å². The predicted octanol–water partition coefficient (Wildman–Crippen LogP) is 2.81. The lowest BCUT2D eigenvalue weighted by atomic mass is 10.2. The molecule has 0 spiro atoms. The minimum absolute atomic E-state index is 0.299. The topological polar surface area (TPSA) is 45.2 Å². The van der Waals surface area contributed by atoms with Gasteiger partial charge in [-0.25, -0.2) is 0 Å². The maximum absolute atomic E-state index is 9.85. The molecule has 2 aromatic rings. The lowest BCUT2D eigenvalue weighted by Gasteiger charge is -2.18. The lowest BCUT2D eigenvalue weighted by molar-refractivity contribution is 0.0831. The van der Waals surface area contributed by atoms with Crippen LogP contribution in [0.1, 0.15) is 11.1 Å². The van der Waals surface area contributed by atoms with Crippen LogP contribution in [0, 0.1) is 6.92 Å². The summed E-state index contributed by atoms with van der Waals surface area (Å²) in [5.41, 5.74) is 2.45. The number of hydrogen-bond donors (Lipinski definition) is 1. The Morgan fingerprint density at radius 3 is 2.11 bits per heavy atom. The molecule has 2 aromatic carbocycles. The van der Waals surface area contributed by atoms with Crippen molar-refractivity contribution in [3.63, 3.8) is 0 Å². The number of aliphatic hydroxyl groups excluding tert-OH is 1. The van der Waals surface area contributed by atoms with Gasteiger partial charge in [0.05, 0.1) is 0 Å². The van der Waals surface area contributed by atoms with Crippen molar-refractivity contribution < 1.29 is 14.6 Å². The van der Waals surface area contributed by atoms with Crippen molar-refractivity contribution in [2.45, 2.75) is 19.6 Å². The molecular weight excluding hydrogens is 340 g/mol. The van der Waals surface area contributed by atoms with Crippen LogP contribution in [0.15, 0.2) is 48.5 Å². The van der Waals surface area contributed by atoms with Crippen molar-refractivity contribution in [2.75, 3.05) is 47.4 Å². The minimum Gasteiger partial charge on any atom is -0.492 e. The minimum atomic E-state index is -0.487. The standard InChI is InChI=1S/C22H32N2O3/c1-18-5-9-21(10-6-18)26-14-13-24(4)15-19-7-11-22(12-8-19)27-17-20(25)16-23(2)3/h5-12,20,25H,13-17H2,1-4H3. The SMILES string of the molecule is Cc1ccc(OCCN(C)Cc2ccc(OCC(O)CN(C)C)cc2)cc1. The van der Waals surface area contributed by atoms with E-state index in [1.54, 1.807) is 0 Å². The first-order valence-corrected chi connectivity index (χ1v) is 9.35. The normalized spacial score (nSPS) is 12.4. The van der Waals surface area contributed by atoms with Crippen LogP contribution < -0.4 is 9.47 Å². The Morgan fingerprint density at radius 1 is 0.889 bits per heavy atom. The van der Waals surface area contributed by atoms with Crippen molar-refractivity contribution >= 4 is 0 Å². The zero-order valence-corrected chi connectivity index (χ0v) is 16.9. The molecule has 0 saturated heterocycles. The van der Waals surface area contributed by atoms with Crippen LogP contribution in [0.25, 0.3) is 0 Å². The van der Waals surface area contributed by atoms with E-state index < -0.39 is 6.10 Å². The molecular formula is C22H32N2O3. The van der Waals surface area contributed by atoms with E-state index in [4.69, 9.17) is 9.47 Å². The Kier molecular flexibility index (Phi) is 8.58. The summed E-state index contributed by atoms with van der Waals surface area (Å²) < 4.78 is 11.4. The van der Waals surface area contributed by atoms with E-state index in [2.05, 4.69) is 43.1 Å². The van der Waals surface area contributed by atoms with Crippen LogP contribution in [0.3, 0.4) is 0 Å². The second kappa shape index (κ2) is 10.9. The Balaban J connectivity index is 1.69. The largest absolute Gasteiger partial charge is 0.492 e. The third-order valence-corrected chi connectivity index (χ3v) is 4.16. The van der Waals surface area contributed by atoms with Crippen LogP contribution in [0.5, 0.6) is 11.5 Å². The zero-order chi connectivity index (χ0) is 19.6. The molecule has 1 atom stereocenters. The van der Waals surface area contributed by atoms with Gasteiger partial charge in [0.2, 0.25) is 0 Å². The first kappa shape index (κ1) is 21.2. The Bertz CT molecular complexity index is 656. The summed E-state index contributed by atoms with van der Waals surface area (Å²) in [7, 11) is 5.95. The number of ether oxygens (including phenoxy) is 2. The number of benzene rings is 2. The van der Waals surface area contributed by atoms with Gasteiger partial charge in [0.15, 0.2) is 0 Å². The first-order chi connectivity index (χ1) is 12.9. The van der Waals surface area contributed by atoms with E-state index in [0.29, 0.717) is 19.8 Å². The Hall–Kier alpha value is -2.08. The molecule has 5 heteroatoms. The van der Waals surface area contributed by atoms with Gasteiger partial charge in [-0.15, -0.1) is 0 Å². The van der Waals surface area contributed by atoms with Gasteiger partial charge in [0, 0.05) is 19.6 Å². The van der Waals surface area contributed by atoms with Gasteiger partial charge in [0.1, 0.15) is 30.8 Å². The molecule has 1 unspecified atom stereocenters. The van der Waals surface area contributed by atoms with E-state index in [0.717, 1.165) is 24.6 Å². The first-order valence-electron chi connectivity index (χ1n) is 9.35. The molecule has 0 amide bonds. The second-order valence-corrected chi connectivity index (χ2v) is 7.27. The highest BCUT2D eigenvalue weighted by Gasteiger charge is 2.07. The monoisotopic (exact) mass is 372 g/mol. The highest BCUT2D eigenvalue weighted by molar-refractivity contribution is 5.27. The highest BCUT2D eigenvalue weighted by Crippen LogP contribution is 2.14. The van der Waals surface area contributed by atoms with E-state index in [1.807, 2.05) is 43.3 Å². The molecule has 0 aliphatic heterocycles. The number of likely N-dealkylation sites (N-methyl/N-ethyl adjacent to an activating group) is 2. The summed E-state index contributed by atoms with van der Waals surface area (Å²) >= 11 is 0. The number of hydrogen-bond acceptors (Lipinski definition) is 5. The average molecular weight is 373 g/mol. The summed E-state index contributed by atoms with van der Waals surface area (Å²) in [6, 6.07) is 16.1. The van der Waals surface area contributed by atoms with Crippen molar-refractivity contribution in [3.05, 3.63) is 59.7 Å². The number of aliphatic hydroxyl groups is 1. The fraction of sp³-hybridized carbons (Fsp3) is 0.455. The second-order valence-electron chi connectivity index (χ2n) is 7.27. The molecule has 148 valence electrons. The van der Waals surface area contributed by atoms with Gasteiger partial charge in [-0.2, -0.15) is 0 Å². The van der Waals surface area contributed by atoms with E-state index in [1.165, 1.54) is 11.1 Å². The summed E-state index contributed by atoms with van der Waals surface area (Å²) in [4.78, 5) is 4.17. The van der Waals surface area contributed by atoms with E-state index in [9.17, 15) is 5.11 Å². The summed E-state index contributed by atoms with van der Waals surface area (Å²) in [6.07, 6.45) is -0.487. The molecule has 0 aromatic heterocycles. The van der Waals surface area contributed by atoms with Gasteiger partial charge in [0.25, 0.3) is 0 Å². The fourth-order valence-electron chi connectivity index (χ4n) is 2.70. The predicted molar refractivity (Wildman–Crippen MR) is 110 cm³/mol. The molecule has 0 aliphatic carbocycles. The smallest absolute Gasteiger partial charge is 0.119 e. The van der Waals surface area contributed by atoms with Crippen LogP contribution in [0.4, 0.5) is 0 Å². The van der Waals surface area contributed by atoms with Gasteiger partial charge in [-0.05, 0) is 57.9 Å². The van der Waals surface area contributed by atoms with Crippen LogP contribution in [-0.4, -0.2) is 68.5 Å². The fourth-order valence-corrected chi connectivity index (χ4v) is 2.70. The maximum atomic E-state index is 9.85. The van der Waals surface area contributed by atoms with Crippen LogP contribution >= 0.6 is 0 Å². The molecule has 0 fully saturated rings. The summed E-state index contributed by atoms with van der Waals surface area (Å²) in [6.45, 7) is 5.31. The number of nitrogens with zero attached hydrogens (tertiary/aromatic N) is 2. The third-order valence-electron chi connectivity index (χ3n) is 4.16. The van der Waals surface area contributed by atoms with Crippen molar-refractivity contribution in [3.8, 4) is 11.5 Å². The van der Waals surface area contributed by atoms with E-state index in [-0.39, 0.29) is 0 Å². The number of rotatable bonds is 11. The van der Waals surface area contributed by atoms with Gasteiger partial charge < -0.3 is 19.5 Å². The molecule has 0 heterocycles. The molecule has 0 aliphatic rings. The molecule has 0 bridgehead atoms. The Morgan fingerprint density at radius 2 is 1.48 bits per heavy atom. The number of aryl methyl sites for hydroxylation is 1. The molecule has 27 heavy (non-hydrogen) atoms. The third kappa shape index (κ3) is 8.43. The molecule has 1 N–H and O–H groups in total. The molecule has 0 radical (unpaired) electrons. The van der Waals surface area contributed by atoms with Crippen molar-refractivity contribution in [1.82, 2.24) is 9.80 Å². The molecule has 2 rings (SSSR count). The average Bonchev–Trinajstić information content (AvgIpc) is 2.62. The molecule has 5 nitrogen and oxygen atoms in total. The highest BCUT2D eigenvalue weighted by atomic mass is 16.5. The quantitative estimate of drug-likeness (QED) is 0.657. The van der Waals surface area contributed by atoms with Crippen molar-refractivity contribution in [2.24, 2.45) is 0 Å².